The molecular weight excluding hydrogens is 324 g/mol. The Kier molecular flexibility index (Phi) is 4.72. The van der Waals surface area contributed by atoms with E-state index < -0.39 is 24.1 Å². The summed E-state index contributed by atoms with van der Waals surface area (Å²) < 4.78 is 16.1. The topological polar surface area (TPSA) is 82.1 Å². The maximum Gasteiger partial charge on any atom is 0.343 e. The Morgan fingerprint density at radius 2 is 1.92 bits per heavy atom. The van der Waals surface area contributed by atoms with Gasteiger partial charge in [0.15, 0.2) is 5.60 Å². The fourth-order valence-corrected chi connectivity index (χ4v) is 2.75. The number of ether oxygens (including phenoxy) is 3. The van der Waals surface area contributed by atoms with Crippen LogP contribution in [0.3, 0.4) is 0 Å². The van der Waals surface area contributed by atoms with E-state index in [4.69, 9.17) is 14.2 Å². The van der Waals surface area contributed by atoms with Gasteiger partial charge in [-0.25, -0.2) is 4.79 Å². The summed E-state index contributed by atoms with van der Waals surface area (Å²) in [7, 11) is 0. The summed E-state index contributed by atoms with van der Waals surface area (Å²) in [6.07, 6.45) is 0. The van der Waals surface area contributed by atoms with Gasteiger partial charge in [0.05, 0.1) is 6.61 Å². The minimum absolute atomic E-state index is 0.250. The number of hydrogen-bond donors (Lipinski definition) is 1. The lowest BCUT2D eigenvalue weighted by molar-refractivity contribution is -0.151. The largest absolute Gasteiger partial charge is 0.488 e. The zero-order valence-electron chi connectivity index (χ0n) is 13.7. The first-order chi connectivity index (χ1) is 12.1. The molecule has 1 aliphatic heterocycles. The van der Waals surface area contributed by atoms with Crippen molar-refractivity contribution in [3.8, 4) is 5.75 Å². The summed E-state index contributed by atoms with van der Waals surface area (Å²) in [5.74, 6) is -0.766. The summed E-state index contributed by atoms with van der Waals surface area (Å²) in [6, 6.07) is 14.6. The van der Waals surface area contributed by atoms with Crippen LogP contribution < -0.4 is 4.74 Å². The third-order valence-corrected chi connectivity index (χ3v) is 4.01. The highest BCUT2D eigenvalue weighted by Crippen LogP contribution is 2.41. The van der Waals surface area contributed by atoms with E-state index >= 15 is 0 Å². The number of esters is 2. The SMILES string of the molecule is CC(=O)OC[C@@]1(CO)OC(=O)c2c(OCc3ccccc3)cccc21. The fraction of sp³-hybridized carbons (Fsp3) is 0.263. The molecule has 6 heteroatoms. The van der Waals surface area contributed by atoms with Gasteiger partial charge in [-0.05, 0) is 11.6 Å². The van der Waals surface area contributed by atoms with Crippen molar-refractivity contribution in [1.29, 1.82) is 0 Å². The number of fused-ring (bicyclic) bond motifs is 1. The van der Waals surface area contributed by atoms with E-state index in [9.17, 15) is 14.7 Å². The van der Waals surface area contributed by atoms with Gasteiger partial charge in [0.2, 0.25) is 0 Å². The van der Waals surface area contributed by atoms with Crippen molar-refractivity contribution in [2.24, 2.45) is 0 Å². The van der Waals surface area contributed by atoms with Crippen LogP contribution in [0.25, 0.3) is 0 Å². The highest BCUT2D eigenvalue weighted by atomic mass is 16.6. The number of cyclic esters (lactones) is 1. The molecule has 0 fully saturated rings. The lowest BCUT2D eigenvalue weighted by Gasteiger charge is -2.25. The van der Waals surface area contributed by atoms with E-state index in [0.717, 1.165) is 5.56 Å². The first-order valence-electron chi connectivity index (χ1n) is 7.83. The van der Waals surface area contributed by atoms with Crippen molar-refractivity contribution in [3.05, 3.63) is 65.2 Å². The van der Waals surface area contributed by atoms with Gasteiger partial charge in [0.1, 0.15) is 24.5 Å². The van der Waals surface area contributed by atoms with Crippen LogP contribution in [-0.2, 0) is 26.5 Å². The molecule has 6 nitrogen and oxygen atoms in total. The van der Waals surface area contributed by atoms with Gasteiger partial charge >= 0.3 is 11.9 Å². The Morgan fingerprint density at radius 1 is 1.16 bits per heavy atom. The molecule has 0 aliphatic carbocycles. The minimum atomic E-state index is -1.40. The van der Waals surface area contributed by atoms with Crippen molar-refractivity contribution in [2.75, 3.05) is 13.2 Å². The van der Waals surface area contributed by atoms with Crippen LogP contribution in [-0.4, -0.2) is 30.3 Å². The average molecular weight is 342 g/mol. The molecule has 0 aromatic heterocycles. The average Bonchev–Trinajstić information content (AvgIpc) is 2.92. The molecule has 1 atom stereocenters. The van der Waals surface area contributed by atoms with Crippen LogP contribution in [0.15, 0.2) is 48.5 Å². The highest BCUT2D eigenvalue weighted by Gasteiger charge is 2.48. The summed E-state index contributed by atoms with van der Waals surface area (Å²) in [5, 5.41) is 9.78. The number of carbonyl (C=O) groups excluding carboxylic acids is 2. The minimum Gasteiger partial charge on any atom is -0.488 e. The molecule has 25 heavy (non-hydrogen) atoms. The first-order valence-corrected chi connectivity index (χ1v) is 7.83. The number of rotatable bonds is 6. The van der Waals surface area contributed by atoms with Crippen molar-refractivity contribution in [3.63, 3.8) is 0 Å². The maximum absolute atomic E-state index is 12.4. The van der Waals surface area contributed by atoms with Crippen molar-refractivity contribution in [2.45, 2.75) is 19.1 Å². The Labute approximate surface area is 144 Å². The third-order valence-electron chi connectivity index (χ3n) is 4.01. The smallest absolute Gasteiger partial charge is 0.343 e. The van der Waals surface area contributed by atoms with Crippen molar-refractivity contribution < 1.29 is 28.9 Å². The lowest BCUT2D eigenvalue weighted by atomic mass is 9.93. The van der Waals surface area contributed by atoms with Gasteiger partial charge < -0.3 is 19.3 Å². The van der Waals surface area contributed by atoms with Crippen LogP contribution in [0, 0.1) is 0 Å². The normalized spacial score (nSPS) is 18.4. The predicted octanol–water partition coefficient (Wildman–Crippen LogP) is 2.19. The van der Waals surface area contributed by atoms with E-state index in [1.165, 1.54) is 6.92 Å². The second kappa shape index (κ2) is 6.94. The van der Waals surface area contributed by atoms with Crippen molar-refractivity contribution >= 4 is 11.9 Å². The molecule has 2 aromatic rings. The Balaban J connectivity index is 1.89. The zero-order valence-corrected chi connectivity index (χ0v) is 13.7. The summed E-state index contributed by atoms with van der Waals surface area (Å²) in [6.45, 7) is 0.795. The molecule has 0 unspecified atom stereocenters. The Morgan fingerprint density at radius 3 is 2.60 bits per heavy atom. The number of aliphatic hydroxyl groups excluding tert-OH is 1. The second-order valence-corrected chi connectivity index (χ2v) is 5.78. The van der Waals surface area contributed by atoms with Crippen LogP contribution in [0.2, 0.25) is 0 Å². The van der Waals surface area contributed by atoms with E-state index in [1.807, 2.05) is 30.3 Å². The first kappa shape index (κ1) is 17.0. The van der Waals surface area contributed by atoms with Gasteiger partial charge in [0, 0.05) is 12.5 Å². The Bertz CT molecular complexity index is 786. The molecule has 0 amide bonds. The molecule has 0 saturated carbocycles. The zero-order chi connectivity index (χ0) is 17.9. The summed E-state index contributed by atoms with van der Waals surface area (Å²) in [4.78, 5) is 23.5. The molecule has 0 spiro atoms. The van der Waals surface area contributed by atoms with Crippen LogP contribution in [0.1, 0.15) is 28.4 Å². The number of hydrogen-bond acceptors (Lipinski definition) is 6. The van der Waals surface area contributed by atoms with E-state index in [2.05, 4.69) is 0 Å². The molecule has 130 valence electrons. The standard InChI is InChI=1S/C19H18O6/c1-13(21)24-12-19(11-20)15-8-5-9-16(17(15)18(22)25-19)23-10-14-6-3-2-4-7-14/h2-9,20H,10-12H2,1H3/t19-/m1/s1. The molecule has 1 aliphatic rings. The van der Waals surface area contributed by atoms with Gasteiger partial charge in [-0.1, -0.05) is 42.5 Å². The molecule has 1 N–H and O–H groups in total. The molecular formula is C19H18O6. The van der Waals surface area contributed by atoms with Crippen molar-refractivity contribution in [1.82, 2.24) is 0 Å². The molecule has 0 radical (unpaired) electrons. The number of aliphatic hydroxyl groups is 1. The lowest BCUT2D eigenvalue weighted by Crippen LogP contribution is -2.36. The van der Waals surface area contributed by atoms with Gasteiger partial charge in [-0.3, -0.25) is 4.79 Å². The van der Waals surface area contributed by atoms with Crippen LogP contribution in [0.5, 0.6) is 5.75 Å². The van der Waals surface area contributed by atoms with Gasteiger partial charge in [-0.15, -0.1) is 0 Å². The fourth-order valence-electron chi connectivity index (χ4n) is 2.75. The van der Waals surface area contributed by atoms with E-state index in [0.29, 0.717) is 17.9 Å². The molecule has 3 rings (SSSR count). The maximum atomic E-state index is 12.4. The number of carbonyl (C=O) groups is 2. The van der Waals surface area contributed by atoms with Crippen LogP contribution in [0.4, 0.5) is 0 Å². The van der Waals surface area contributed by atoms with Gasteiger partial charge in [0.25, 0.3) is 0 Å². The van der Waals surface area contributed by atoms with Crippen LogP contribution >= 0.6 is 0 Å². The van der Waals surface area contributed by atoms with E-state index in [-0.39, 0.29) is 12.2 Å². The highest BCUT2D eigenvalue weighted by molar-refractivity contribution is 5.97. The Hall–Kier alpha value is -2.86. The summed E-state index contributed by atoms with van der Waals surface area (Å²) in [5.41, 5.74) is 0.260. The monoisotopic (exact) mass is 342 g/mol. The molecule has 1 heterocycles. The molecule has 2 aromatic carbocycles. The number of benzene rings is 2. The third kappa shape index (κ3) is 3.34. The second-order valence-electron chi connectivity index (χ2n) is 5.78. The summed E-state index contributed by atoms with van der Waals surface area (Å²) >= 11 is 0. The molecule has 0 bridgehead atoms. The molecule has 0 saturated heterocycles. The van der Waals surface area contributed by atoms with Gasteiger partial charge in [-0.2, -0.15) is 0 Å². The van der Waals surface area contributed by atoms with E-state index in [1.54, 1.807) is 18.2 Å². The predicted molar refractivity (Wildman–Crippen MR) is 88.0 cm³/mol. The quantitative estimate of drug-likeness (QED) is 0.811.